The third-order valence-corrected chi connectivity index (χ3v) is 3.24. The molecule has 1 aromatic carbocycles. The first kappa shape index (κ1) is 14.1. The molecule has 0 unspecified atom stereocenters. The highest BCUT2D eigenvalue weighted by molar-refractivity contribution is 6.35. The van der Waals surface area contributed by atoms with Crippen molar-refractivity contribution in [3.05, 3.63) is 40.5 Å². The van der Waals surface area contributed by atoms with Crippen molar-refractivity contribution >= 4 is 22.5 Å². The number of hydrogen-bond donors (Lipinski definition) is 0. The molecule has 0 saturated heterocycles. The molecule has 0 aliphatic rings. The van der Waals surface area contributed by atoms with Crippen LogP contribution in [0.15, 0.2) is 24.3 Å². The van der Waals surface area contributed by atoms with Gasteiger partial charge in [0, 0.05) is 5.39 Å². The molecule has 19 heavy (non-hydrogen) atoms. The molecule has 5 heteroatoms. The van der Waals surface area contributed by atoms with Crippen LogP contribution in [-0.4, -0.2) is 4.98 Å². The van der Waals surface area contributed by atoms with Gasteiger partial charge in [-0.2, -0.15) is 13.2 Å². The standard InChI is InChI=1S/C14H13ClF3N/c1-2-3-4-9-5-6-12-10(7-9)11(15)8-13(19-12)14(16,17)18/h5-8H,2-4H2,1H3. The normalized spacial score (nSPS) is 12.1. The first-order valence-electron chi connectivity index (χ1n) is 6.08. The Labute approximate surface area is 114 Å². The largest absolute Gasteiger partial charge is 0.433 e. The average Bonchev–Trinajstić information content (AvgIpc) is 2.35. The number of hydrogen-bond acceptors (Lipinski definition) is 1. The second-order valence-electron chi connectivity index (χ2n) is 4.44. The third kappa shape index (κ3) is 3.18. The number of fused-ring (bicyclic) bond motifs is 1. The van der Waals surface area contributed by atoms with Gasteiger partial charge in [-0.05, 0) is 36.6 Å². The summed E-state index contributed by atoms with van der Waals surface area (Å²) in [5, 5.41) is 0.666. The van der Waals surface area contributed by atoms with E-state index in [4.69, 9.17) is 11.6 Å². The number of halogens is 4. The van der Waals surface area contributed by atoms with Crippen LogP contribution in [0.3, 0.4) is 0 Å². The van der Waals surface area contributed by atoms with E-state index in [2.05, 4.69) is 11.9 Å². The average molecular weight is 288 g/mol. The highest BCUT2D eigenvalue weighted by atomic mass is 35.5. The van der Waals surface area contributed by atoms with Crippen LogP contribution >= 0.6 is 11.6 Å². The van der Waals surface area contributed by atoms with Crippen molar-refractivity contribution < 1.29 is 13.2 Å². The molecule has 0 aliphatic carbocycles. The summed E-state index contributed by atoms with van der Waals surface area (Å²) < 4.78 is 37.9. The predicted molar refractivity (Wildman–Crippen MR) is 70.4 cm³/mol. The number of aromatic nitrogens is 1. The monoisotopic (exact) mass is 287 g/mol. The van der Waals surface area contributed by atoms with Crippen LogP contribution in [-0.2, 0) is 12.6 Å². The van der Waals surface area contributed by atoms with Crippen molar-refractivity contribution in [1.82, 2.24) is 4.98 Å². The van der Waals surface area contributed by atoms with Crippen molar-refractivity contribution in [3.8, 4) is 0 Å². The van der Waals surface area contributed by atoms with Crippen molar-refractivity contribution in [2.75, 3.05) is 0 Å². The van der Waals surface area contributed by atoms with E-state index in [1.807, 2.05) is 12.1 Å². The van der Waals surface area contributed by atoms with Gasteiger partial charge < -0.3 is 0 Å². The van der Waals surface area contributed by atoms with Gasteiger partial charge in [-0.3, -0.25) is 0 Å². The van der Waals surface area contributed by atoms with E-state index in [-0.39, 0.29) is 10.5 Å². The Hall–Kier alpha value is -1.29. The minimum atomic E-state index is -4.47. The highest BCUT2D eigenvalue weighted by Crippen LogP contribution is 2.33. The Morgan fingerprint density at radius 1 is 1.21 bits per heavy atom. The molecule has 0 amide bonds. The van der Waals surface area contributed by atoms with Crippen LogP contribution < -0.4 is 0 Å². The Bertz CT molecular complexity index is 593. The van der Waals surface area contributed by atoms with Crippen molar-refractivity contribution in [3.63, 3.8) is 0 Å². The third-order valence-electron chi connectivity index (χ3n) is 2.93. The number of unbranched alkanes of at least 4 members (excludes halogenated alkanes) is 1. The molecule has 1 aromatic heterocycles. The van der Waals surface area contributed by atoms with Gasteiger partial charge >= 0.3 is 6.18 Å². The molecule has 0 fully saturated rings. The second-order valence-corrected chi connectivity index (χ2v) is 4.85. The molecule has 0 atom stereocenters. The van der Waals surface area contributed by atoms with Gasteiger partial charge in [0.1, 0.15) is 5.69 Å². The van der Waals surface area contributed by atoms with Crippen molar-refractivity contribution in [2.24, 2.45) is 0 Å². The topological polar surface area (TPSA) is 12.9 Å². The molecule has 1 nitrogen and oxygen atoms in total. The number of nitrogens with zero attached hydrogens (tertiary/aromatic N) is 1. The molecule has 1 heterocycles. The lowest BCUT2D eigenvalue weighted by Gasteiger charge is -2.09. The lowest BCUT2D eigenvalue weighted by Crippen LogP contribution is -2.08. The van der Waals surface area contributed by atoms with E-state index < -0.39 is 11.9 Å². The molecule has 0 radical (unpaired) electrons. The van der Waals surface area contributed by atoms with E-state index in [1.165, 1.54) is 0 Å². The highest BCUT2D eigenvalue weighted by Gasteiger charge is 2.33. The zero-order valence-electron chi connectivity index (χ0n) is 10.4. The maximum absolute atomic E-state index is 12.6. The number of alkyl halides is 3. The molecule has 0 spiro atoms. The van der Waals surface area contributed by atoms with Crippen LogP contribution in [0.1, 0.15) is 31.0 Å². The zero-order chi connectivity index (χ0) is 14.0. The Morgan fingerprint density at radius 3 is 2.58 bits per heavy atom. The fourth-order valence-electron chi connectivity index (χ4n) is 1.91. The molecule has 102 valence electrons. The number of pyridine rings is 1. The van der Waals surface area contributed by atoms with Crippen LogP contribution in [0.5, 0.6) is 0 Å². The molecule has 0 N–H and O–H groups in total. The molecule has 2 rings (SSSR count). The van der Waals surface area contributed by atoms with Gasteiger partial charge in [-0.1, -0.05) is 31.0 Å². The Balaban J connectivity index is 2.48. The molecular formula is C14H13ClF3N. The van der Waals surface area contributed by atoms with Gasteiger partial charge in [0.2, 0.25) is 0 Å². The van der Waals surface area contributed by atoms with Crippen LogP contribution in [0.25, 0.3) is 10.9 Å². The second kappa shape index (κ2) is 5.37. The molecular weight excluding hydrogens is 275 g/mol. The SMILES string of the molecule is CCCCc1ccc2nc(C(F)(F)F)cc(Cl)c2c1. The summed E-state index contributed by atoms with van der Waals surface area (Å²) in [5.41, 5.74) is 0.393. The van der Waals surface area contributed by atoms with Crippen LogP contribution in [0.2, 0.25) is 5.02 Å². The van der Waals surface area contributed by atoms with Gasteiger partial charge in [-0.25, -0.2) is 4.98 Å². The van der Waals surface area contributed by atoms with Gasteiger partial charge in [-0.15, -0.1) is 0 Å². The first-order valence-corrected chi connectivity index (χ1v) is 6.46. The maximum Gasteiger partial charge on any atom is 0.433 e. The van der Waals surface area contributed by atoms with E-state index >= 15 is 0 Å². The maximum atomic E-state index is 12.6. The molecule has 0 saturated carbocycles. The summed E-state index contributed by atoms with van der Waals surface area (Å²) >= 11 is 5.93. The van der Waals surface area contributed by atoms with Crippen molar-refractivity contribution in [2.45, 2.75) is 32.4 Å². The fraction of sp³-hybridized carbons (Fsp3) is 0.357. The number of benzene rings is 1. The smallest absolute Gasteiger partial charge is 0.243 e. The Kier molecular flexibility index (Phi) is 3.99. The summed E-state index contributed by atoms with van der Waals surface area (Å²) in [7, 11) is 0. The fourth-order valence-corrected chi connectivity index (χ4v) is 2.17. The lowest BCUT2D eigenvalue weighted by atomic mass is 10.1. The summed E-state index contributed by atoms with van der Waals surface area (Å²) in [6.45, 7) is 2.09. The minimum Gasteiger partial charge on any atom is -0.243 e. The molecule has 0 aliphatic heterocycles. The molecule has 0 bridgehead atoms. The lowest BCUT2D eigenvalue weighted by molar-refractivity contribution is -0.140. The zero-order valence-corrected chi connectivity index (χ0v) is 11.1. The van der Waals surface area contributed by atoms with Crippen LogP contribution in [0, 0.1) is 0 Å². The summed E-state index contributed by atoms with van der Waals surface area (Å²) in [4.78, 5) is 3.62. The van der Waals surface area contributed by atoms with E-state index in [9.17, 15) is 13.2 Å². The Morgan fingerprint density at radius 2 is 1.95 bits per heavy atom. The van der Waals surface area contributed by atoms with E-state index in [0.717, 1.165) is 30.9 Å². The van der Waals surface area contributed by atoms with Crippen LogP contribution in [0.4, 0.5) is 13.2 Å². The predicted octanol–water partition coefficient (Wildman–Crippen LogP) is 5.25. The quantitative estimate of drug-likeness (QED) is 0.751. The van der Waals surface area contributed by atoms with E-state index in [1.54, 1.807) is 6.07 Å². The summed E-state index contributed by atoms with van der Waals surface area (Å²) in [5.74, 6) is 0. The van der Waals surface area contributed by atoms with Gasteiger partial charge in [0.15, 0.2) is 0 Å². The number of rotatable bonds is 3. The molecule has 2 aromatic rings. The van der Waals surface area contributed by atoms with Gasteiger partial charge in [0.05, 0.1) is 10.5 Å². The number of aryl methyl sites for hydroxylation is 1. The van der Waals surface area contributed by atoms with Crippen molar-refractivity contribution in [1.29, 1.82) is 0 Å². The van der Waals surface area contributed by atoms with E-state index in [0.29, 0.717) is 5.39 Å². The minimum absolute atomic E-state index is 0.0932. The van der Waals surface area contributed by atoms with Gasteiger partial charge in [0.25, 0.3) is 0 Å². The summed E-state index contributed by atoms with van der Waals surface area (Å²) in [6.07, 6.45) is -1.48. The summed E-state index contributed by atoms with van der Waals surface area (Å²) in [6, 6.07) is 6.11. The first-order chi connectivity index (χ1) is 8.91.